The molecule has 0 aliphatic carbocycles. The van der Waals surface area contributed by atoms with Gasteiger partial charge in [0.15, 0.2) is 36.2 Å². The van der Waals surface area contributed by atoms with Gasteiger partial charge in [-0.1, -0.05) is 41.5 Å². The normalized spacial score (nSPS) is 16.2. The van der Waals surface area contributed by atoms with Crippen LogP contribution in [-0.2, 0) is 16.5 Å². The van der Waals surface area contributed by atoms with Crippen LogP contribution in [0.3, 0.4) is 0 Å². The van der Waals surface area contributed by atoms with Crippen molar-refractivity contribution in [3.8, 4) is 0 Å². The fraction of sp³-hybridized carbons (Fsp3) is 1.00. The van der Waals surface area contributed by atoms with Crippen molar-refractivity contribution in [1.29, 1.82) is 0 Å². The zero-order valence-corrected chi connectivity index (χ0v) is 23.4. The third-order valence-corrected chi connectivity index (χ3v) is 14.8. The molecule has 23 heavy (non-hydrogen) atoms. The highest BCUT2D eigenvalue weighted by atomic mass is 28.5. The lowest BCUT2D eigenvalue weighted by molar-refractivity contribution is 0.156. The van der Waals surface area contributed by atoms with Crippen molar-refractivity contribution >= 4 is 45.2 Å². The predicted octanol–water partition coefficient (Wildman–Crippen LogP) is 3.76. The van der Waals surface area contributed by atoms with Gasteiger partial charge in [-0.3, -0.25) is 0 Å². The maximum atomic E-state index is 6.51. The number of rotatable bonds is 8. The SMILES string of the molecule is CC(C)(C)[SiH2]O[Si](O[SiH2]C(C)(C)C)(O[Si](C)(C)C)O[Si](C)(C)C. The summed E-state index contributed by atoms with van der Waals surface area (Å²) in [5, 5.41) is 0.382. The van der Waals surface area contributed by atoms with Crippen molar-refractivity contribution in [3.05, 3.63) is 0 Å². The molecule has 0 spiro atoms. The molecule has 0 aromatic rings. The molecule has 0 bridgehead atoms. The minimum Gasteiger partial charge on any atom is -0.401 e. The summed E-state index contributed by atoms with van der Waals surface area (Å²) in [6, 6.07) is 0. The van der Waals surface area contributed by atoms with E-state index in [1.807, 2.05) is 0 Å². The number of hydrogen-bond donors (Lipinski definition) is 0. The molecule has 9 heteroatoms. The van der Waals surface area contributed by atoms with Crippen LogP contribution in [0.25, 0.3) is 0 Å². The molecule has 0 saturated heterocycles. The molecule has 0 aliphatic heterocycles. The lowest BCUT2D eigenvalue weighted by atomic mass is 10.3. The topological polar surface area (TPSA) is 36.9 Å². The van der Waals surface area contributed by atoms with Crippen molar-refractivity contribution < 1.29 is 16.5 Å². The lowest BCUT2D eigenvalue weighted by Gasteiger charge is -2.40. The first-order valence-corrected chi connectivity index (χ1v) is 19.5. The Labute approximate surface area is 152 Å². The van der Waals surface area contributed by atoms with Gasteiger partial charge in [0.05, 0.1) is 0 Å². The second-order valence-electron chi connectivity index (χ2n) is 10.6. The third-order valence-electron chi connectivity index (χ3n) is 2.23. The summed E-state index contributed by atoms with van der Waals surface area (Å²) in [7, 11) is -8.31. The Morgan fingerprint density at radius 3 is 1.00 bits per heavy atom. The molecule has 0 radical (unpaired) electrons. The van der Waals surface area contributed by atoms with Crippen molar-refractivity contribution in [2.75, 3.05) is 0 Å². The largest absolute Gasteiger partial charge is 0.636 e. The summed E-state index contributed by atoms with van der Waals surface area (Å²) in [4.78, 5) is 0. The van der Waals surface area contributed by atoms with E-state index in [9.17, 15) is 0 Å². The van der Waals surface area contributed by atoms with Gasteiger partial charge in [0.2, 0.25) is 0 Å². The molecule has 0 aromatic heterocycles. The first-order valence-electron chi connectivity index (χ1n) is 8.51. The van der Waals surface area contributed by atoms with E-state index < -0.39 is 45.2 Å². The first-order chi connectivity index (χ1) is 9.83. The first kappa shape index (κ1) is 23.9. The molecule has 0 aromatic carbocycles. The highest BCUT2D eigenvalue weighted by Gasteiger charge is 2.51. The van der Waals surface area contributed by atoms with Crippen LogP contribution >= 0.6 is 0 Å². The summed E-state index contributed by atoms with van der Waals surface area (Å²) in [5.74, 6) is 0. The standard InChI is InChI=1S/C14H40O4Si5/c1-13(2,3)19-15-23(17-21(7,8)9,18-22(10,11)12)16-20-14(4,5)6/h19-20H2,1-12H3. The van der Waals surface area contributed by atoms with Crippen LogP contribution < -0.4 is 0 Å². The monoisotopic (exact) mass is 412 g/mol. The molecule has 0 saturated carbocycles. The second-order valence-corrected chi connectivity index (χ2v) is 28.8. The van der Waals surface area contributed by atoms with Crippen molar-refractivity contribution in [2.45, 2.75) is 90.9 Å². The molecule has 0 amide bonds. The van der Waals surface area contributed by atoms with Gasteiger partial charge in [-0.25, -0.2) is 0 Å². The van der Waals surface area contributed by atoms with Gasteiger partial charge < -0.3 is 16.5 Å². The lowest BCUT2D eigenvalue weighted by Crippen LogP contribution is -2.61. The summed E-state index contributed by atoms with van der Waals surface area (Å²) in [5.41, 5.74) is 0. The fourth-order valence-corrected chi connectivity index (χ4v) is 17.1. The van der Waals surface area contributed by atoms with Crippen LogP contribution in [-0.4, -0.2) is 45.2 Å². The molecule has 0 heterocycles. The Balaban J connectivity index is 5.50. The summed E-state index contributed by atoms with van der Waals surface area (Å²) >= 11 is 0. The Bertz CT molecular complexity index is 327. The van der Waals surface area contributed by atoms with E-state index in [4.69, 9.17) is 16.5 Å². The van der Waals surface area contributed by atoms with Crippen LogP contribution in [0.2, 0.25) is 49.4 Å². The van der Waals surface area contributed by atoms with E-state index >= 15 is 0 Å². The van der Waals surface area contributed by atoms with E-state index in [1.54, 1.807) is 0 Å². The third kappa shape index (κ3) is 13.8. The Hall–Kier alpha value is 0.924. The van der Waals surface area contributed by atoms with Gasteiger partial charge in [-0.2, -0.15) is 0 Å². The van der Waals surface area contributed by atoms with Gasteiger partial charge >= 0.3 is 9.05 Å². The molecule has 0 fully saturated rings. The van der Waals surface area contributed by atoms with Crippen molar-refractivity contribution in [2.24, 2.45) is 0 Å². The quantitative estimate of drug-likeness (QED) is 0.569. The average Bonchev–Trinajstić information content (AvgIpc) is 2.17. The van der Waals surface area contributed by atoms with E-state index in [-0.39, 0.29) is 10.1 Å². The Kier molecular flexibility index (Phi) is 8.41. The zero-order chi connectivity index (χ0) is 18.7. The van der Waals surface area contributed by atoms with Gasteiger partial charge in [-0.15, -0.1) is 0 Å². The molecule has 0 rings (SSSR count). The highest BCUT2D eigenvalue weighted by molar-refractivity contribution is 6.86. The molecule has 0 aliphatic rings. The molecular formula is C14H40O4Si5. The van der Waals surface area contributed by atoms with Crippen LogP contribution in [0.15, 0.2) is 0 Å². The molecule has 0 unspecified atom stereocenters. The van der Waals surface area contributed by atoms with Crippen LogP contribution in [0, 0.1) is 0 Å². The van der Waals surface area contributed by atoms with E-state index in [2.05, 4.69) is 80.8 Å². The minimum absolute atomic E-state index is 0.191. The molecule has 4 nitrogen and oxygen atoms in total. The van der Waals surface area contributed by atoms with E-state index in [1.165, 1.54) is 0 Å². The van der Waals surface area contributed by atoms with Gasteiger partial charge in [0, 0.05) is 0 Å². The summed E-state index contributed by atoms with van der Waals surface area (Å²) in [6.45, 7) is 26.5. The van der Waals surface area contributed by atoms with Crippen LogP contribution in [0.5, 0.6) is 0 Å². The second kappa shape index (κ2) is 8.08. The molecule has 140 valence electrons. The minimum atomic E-state index is -3.04. The van der Waals surface area contributed by atoms with Crippen LogP contribution in [0.4, 0.5) is 0 Å². The Morgan fingerprint density at radius 2 is 0.826 bits per heavy atom. The summed E-state index contributed by atoms with van der Waals surface area (Å²) in [6.07, 6.45) is 0. The average molecular weight is 413 g/mol. The predicted molar refractivity (Wildman–Crippen MR) is 113 cm³/mol. The molecule has 0 atom stereocenters. The fourth-order valence-electron chi connectivity index (χ4n) is 1.54. The molecule has 0 N–H and O–H groups in total. The zero-order valence-electron chi connectivity index (χ0n) is 17.5. The molecular weight excluding hydrogens is 373 g/mol. The number of hydrogen-bond acceptors (Lipinski definition) is 4. The van der Waals surface area contributed by atoms with Gasteiger partial charge in [-0.05, 0) is 49.4 Å². The maximum absolute atomic E-state index is 6.51. The van der Waals surface area contributed by atoms with Crippen LogP contribution in [0.1, 0.15) is 41.5 Å². The Morgan fingerprint density at radius 1 is 0.565 bits per heavy atom. The van der Waals surface area contributed by atoms with E-state index in [0.717, 1.165) is 0 Å². The summed E-state index contributed by atoms with van der Waals surface area (Å²) < 4.78 is 25.9. The maximum Gasteiger partial charge on any atom is 0.636 e. The smallest absolute Gasteiger partial charge is 0.401 e. The van der Waals surface area contributed by atoms with Crippen molar-refractivity contribution in [1.82, 2.24) is 0 Å². The highest BCUT2D eigenvalue weighted by Crippen LogP contribution is 2.30. The van der Waals surface area contributed by atoms with Gasteiger partial charge in [0.25, 0.3) is 0 Å². The van der Waals surface area contributed by atoms with Crippen molar-refractivity contribution in [3.63, 3.8) is 0 Å². The van der Waals surface area contributed by atoms with Gasteiger partial charge in [0.1, 0.15) is 0 Å². The van der Waals surface area contributed by atoms with E-state index in [0.29, 0.717) is 0 Å².